The van der Waals surface area contributed by atoms with E-state index in [2.05, 4.69) is 20.8 Å². The lowest BCUT2D eigenvalue weighted by molar-refractivity contribution is -0.113. The number of nitrogens with one attached hydrogen (secondary N) is 2. The highest BCUT2D eigenvalue weighted by atomic mass is 35.5. The zero-order valence-electron chi connectivity index (χ0n) is 17.7. The van der Waals surface area contributed by atoms with Gasteiger partial charge < -0.3 is 15.2 Å². The molecule has 1 aromatic heterocycles. The van der Waals surface area contributed by atoms with Gasteiger partial charge >= 0.3 is 0 Å². The van der Waals surface area contributed by atoms with E-state index >= 15 is 0 Å². The highest BCUT2D eigenvalue weighted by molar-refractivity contribution is 7.99. The Morgan fingerprint density at radius 3 is 2.59 bits per heavy atom. The summed E-state index contributed by atoms with van der Waals surface area (Å²) in [7, 11) is 0. The number of hydrogen-bond acceptors (Lipinski definition) is 5. The Bertz CT molecular complexity index is 1120. The molecule has 0 atom stereocenters. The van der Waals surface area contributed by atoms with Crippen LogP contribution in [-0.2, 0) is 17.8 Å². The Morgan fingerprint density at radius 2 is 1.88 bits per heavy atom. The van der Waals surface area contributed by atoms with E-state index in [0.717, 1.165) is 17.1 Å². The molecule has 3 aromatic rings. The lowest BCUT2D eigenvalue weighted by atomic mass is 10.2. The third-order valence-corrected chi connectivity index (χ3v) is 6.38. The van der Waals surface area contributed by atoms with Gasteiger partial charge in [-0.15, -0.1) is 10.2 Å². The van der Waals surface area contributed by atoms with Crippen LogP contribution in [0.3, 0.4) is 0 Å². The summed E-state index contributed by atoms with van der Waals surface area (Å²) in [5.41, 5.74) is 2.24. The first-order valence-corrected chi connectivity index (χ1v) is 11.8. The number of halogens is 2. The van der Waals surface area contributed by atoms with E-state index < -0.39 is 0 Å². The van der Waals surface area contributed by atoms with E-state index in [1.165, 1.54) is 17.8 Å². The second-order valence-corrected chi connectivity index (χ2v) is 8.69. The molecule has 3 rings (SSSR count). The number of amides is 2. The number of rotatable bonds is 9. The number of carbonyl (C=O) groups excluding carboxylic acids is 2. The van der Waals surface area contributed by atoms with Crippen molar-refractivity contribution in [2.75, 3.05) is 17.6 Å². The Morgan fingerprint density at radius 1 is 1.09 bits per heavy atom. The first-order valence-electron chi connectivity index (χ1n) is 10.0. The predicted octanol–water partition coefficient (Wildman–Crippen LogP) is 4.62. The molecule has 32 heavy (non-hydrogen) atoms. The molecule has 0 bridgehead atoms. The molecule has 0 aliphatic heterocycles. The third kappa shape index (κ3) is 6.25. The molecule has 0 saturated heterocycles. The summed E-state index contributed by atoms with van der Waals surface area (Å²) >= 11 is 13.2. The molecule has 0 saturated carbocycles. The van der Waals surface area contributed by atoms with Gasteiger partial charge in [-0.3, -0.25) is 9.59 Å². The molecule has 2 aromatic carbocycles. The average molecular weight is 492 g/mol. The topological polar surface area (TPSA) is 88.9 Å². The van der Waals surface area contributed by atoms with Crippen LogP contribution in [0.2, 0.25) is 10.0 Å². The quantitative estimate of drug-likeness (QED) is 0.426. The van der Waals surface area contributed by atoms with Crippen molar-refractivity contribution in [3.05, 3.63) is 69.5 Å². The molecule has 0 aliphatic rings. The van der Waals surface area contributed by atoms with Crippen molar-refractivity contribution in [2.45, 2.75) is 32.0 Å². The highest BCUT2D eigenvalue weighted by Gasteiger charge is 2.14. The number of benzene rings is 2. The number of aromatic nitrogens is 3. The van der Waals surface area contributed by atoms with Crippen LogP contribution in [0.15, 0.2) is 47.6 Å². The van der Waals surface area contributed by atoms with Crippen LogP contribution in [-0.4, -0.2) is 38.9 Å². The SMILES string of the molecule is CCn1c(CCNC(=O)c2ccc(Cl)c(Cl)c2)nnc1SCC(=O)Nc1ccccc1C. The molecule has 2 amide bonds. The average Bonchev–Trinajstić information content (AvgIpc) is 3.17. The van der Waals surface area contributed by atoms with E-state index in [9.17, 15) is 9.59 Å². The van der Waals surface area contributed by atoms with Gasteiger partial charge in [0.1, 0.15) is 5.82 Å². The minimum absolute atomic E-state index is 0.106. The van der Waals surface area contributed by atoms with Gasteiger partial charge in [-0.2, -0.15) is 0 Å². The predicted molar refractivity (Wildman–Crippen MR) is 129 cm³/mol. The molecule has 0 fully saturated rings. The van der Waals surface area contributed by atoms with Crippen LogP contribution in [0.5, 0.6) is 0 Å². The van der Waals surface area contributed by atoms with Crippen molar-refractivity contribution in [3.63, 3.8) is 0 Å². The number of hydrogen-bond donors (Lipinski definition) is 2. The minimum atomic E-state index is -0.242. The molecule has 168 valence electrons. The molecule has 10 heteroatoms. The highest BCUT2D eigenvalue weighted by Crippen LogP contribution is 2.22. The summed E-state index contributed by atoms with van der Waals surface area (Å²) in [4.78, 5) is 24.6. The summed E-state index contributed by atoms with van der Waals surface area (Å²) in [5, 5.41) is 15.6. The summed E-state index contributed by atoms with van der Waals surface area (Å²) in [6.45, 7) is 4.97. The van der Waals surface area contributed by atoms with Gasteiger partial charge in [-0.1, -0.05) is 53.2 Å². The Kier molecular flexibility index (Phi) is 8.55. The van der Waals surface area contributed by atoms with Crippen molar-refractivity contribution < 1.29 is 9.59 Å². The number of anilines is 1. The van der Waals surface area contributed by atoms with Gasteiger partial charge in [0.2, 0.25) is 5.91 Å². The standard InChI is InChI=1S/C22H23Cl2N5O2S/c1-3-29-19(10-11-25-21(31)15-8-9-16(23)17(24)12-15)27-28-22(29)32-13-20(30)26-18-7-5-4-6-14(18)2/h4-9,12H,3,10-11,13H2,1-2H3,(H,25,31)(H,26,30). The van der Waals surface area contributed by atoms with Gasteiger partial charge in [-0.05, 0) is 43.7 Å². The van der Waals surface area contributed by atoms with Crippen LogP contribution in [0.4, 0.5) is 5.69 Å². The molecular weight excluding hydrogens is 469 g/mol. The van der Waals surface area contributed by atoms with Gasteiger partial charge in [0, 0.05) is 30.8 Å². The van der Waals surface area contributed by atoms with E-state index in [1.807, 2.05) is 42.7 Å². The lowest BCUT2D eigenvalue weighted by Crippen LogP contribution is -2.26. The van der Waals surface area contributed by atoms with Gasteiger partial charge in [0.25, 0.3) is 5.91 Å². The van der Waals surface area contributed by atoms with Gasteiger partial charge in [-0.25, -0.2) is 0 Å². The maximum atomic E-state index is 12.3. The summed E-state index contributed by atoms with van der Waals surface area (Å²) < 4.78 is 1.94. The fourth-order valence-electron chi connectivity index (χ4n) is 2.99. The first-order chi connectivity index (χ1) is 15.4. The molecule has 2 N–H and O–H groups in total. The number of para-hydroxylation sites is 1. The molecule has 0 spiro atoms. The maximum Gasteiger partial charge on any atom is 0.251 e. The van der Waals surface area contributed by atoms with Crippen LogP contribution < -0.4 is 10.6 Å². The Hall–Kier alpha value is -2.55. The van der Waals surface area contributed by atoms with Crippen molar-refractivity contribution in [1.82, 2.24) is 20.1 Å². The Balaban J connectivity index is 1.52. The van der Waals surface area contributed by atoms with E-state index in [4.69, 9.17) is 23.2 Å². The summed E-state index contributed by atoms with van der Waals surface area (Å²) in [5.74, 6) is 0.614. The molecular formula is C22H23Cl2N5O2S. The maximum absolute atomic E-state index is 12.3. The molecule has 0 radical (unpaired) electrons. The molecule has 1 heterocycles. The molecule has 7 nitrogen and oxygen atoms in total. The largest absolute Gasteiger partial charge is 0.352 e. The molecule has 0 unspecified atom stereocenters. The van der Waals surface area contributed by atoms with Crippen molar-refractivity contribution >= 4 is 52.5 Å². The first kappa shape index (κ1) is 24.1. The van der Waals surface area contributed by atoms with Gasteiger partial charge in [0.05, 0.1) is 15.8 Å². The number of nitrogens with zero attached hydrogens (tertiary/aromatic N) is 3. The zero-order valence-corrected chi connectivity index (χ0v) is 20.0. The van der Waals surface area contributed by atoms with E-state index in [0.29, 0.717) is 40.3 Å². The second-order valence-electron chi connectivity index (χ2n) is 6.93. The normalized spacial score (nSPS) is 10.8. The monoisotopic (exact) mass is 491 g/mol. The third-order valence-electron chi connectivity index (χ3n) is 4.68. The Labute approximate surface area is 200 Å². The number of carbonyl (C=O) groups is 2. The fourth-order valence-corrected chi connectivity index (χ4v) is 4.10. The van der Waals surface area contributed by atoms with Gasteiger partial charge in [0.15, 0.2) is 5.16 Å². The lowest BCUT2D eigenvalue weighted by Gasteiger charge is -2.09. The number of aryl methyl sites for hydroxylation is 1. The van der Waals surface area contributed by atoms with Crippen molar-refractivity contribution in [3.8, 4) is 0 Å². The van der Waals surface area contributed by atoms with Crippen molar-refractivity contribution in [2.24, 2.45) is 0 Å². The van der Waals surface area contributed by atoms with Crippen LogP contribution in [0.1, 0.15) is 28.7 Å². The van der Waals surface area contributed by atoms with Crippen LogP contribution >= 0.6 is 35.0 Å². The zero-order chi connectivity index (χ0) is 23.1. The minimum Gasteiger partial charge on any atom is -0.352 e. The summed E-state index contributed by atoms with van der Waals surface area (Å²) in [6.07, 6.45) is 0.504. The fraction of sp³-hybridized carbons (Fsp3) is 0.273. The smallest absolute Gasteiger partial charge is 0.251 e. The van der Waals surface area contributed by atoms with Crippen molar-refractivity contribution in [1.29, 1.82) is 0 Å². The summed E-state index contributed by atoms with van der Waals surface area (Å²) in [6, 6.07) is 12.4. The molecule has 0 aliphatic carbocycles. The number of thioether (sulfide) groups is 1. The van der Waals surface area contributed by atoms with Crippen LogP contribution in [0, 0.1) is 6.92 Å². The van der Waals surface area contributed by atoms with Crippen LogP contribution in [0.25, 0.3) is 0 Å². The van der Waals surface area contributed by atoms with E-state index in [-0.39, 0.29) is 17.6 Å². The van der Waals surface area contributed by atoms with E-state index in [1.54, 1.807) is 12.1 Å². The second kappa shape index (κ2) is 11.4.